The van der Waals surface area contributed by atoms with E-state index >= 15 is 0 Å². The first-order valence-corrected chi connectivity index (χ1v) is 5.96. The van der Waals surface area contributed by atoms with Crippen LogP contribution in [0, 0.1) is 0 Å². The Labute approximate surface area is 111 Å². The molecule has 0 bridgehead atoms. The van der Waals surface area contributed by atoms with Gasteiger partial charge in [0.15, 0.2) is 0 Å². The fourth-order valence-corrected chi connectivity index (χ4v) is 1.91. The van der Waals surface area contributed by atoms with Crippen molar-refractivity contribution >= 4 is 0 Å². The molecular weight excluding hydrogens is 238 g/mol. The van der Waals surface area contributed by atoms with Gasteiger partial charge in [0.1, 0.15) is 0 Å². The molecule has 19 heavy (non-hydrogen) atoms. The molecule has 4 nitrogen and oxygen atoms in total. The molecule has 0 aliphatic heterocycles. The first-order chi connectivity index (χ1) is 9.36. The van der Waals surface area contributed by atoms with Gasteiger partial charge in [0.2, 0.25) is 5.88 Å². The Hall–Kier alpha value is -2.62. The largest absolute Gasteiger partial charge is 0.481 e. The first kappa shape index (κ1) is 11.5. The molecule has 4 heteroatoms. The van der Waals surface area contributed by atoms with Crippen molar-refractivity contribution in [3.05, 3.63) is 61.2 Å². The molecule has 0 atom stereocenters. The third-order valence-corrected chi connectivity index (χ3v) is 2.87. The lowest BCUT2D eigenvalue weighted by atomic mass is 10.1. The number of rotatable bonds is 3. The number of pyridine rings is 1. The predicted octanol–water partition coefficient (Wildman–Crippen LogP) is 2.94. The fourth-order valence-electron chi connectivity index (χ4n) is 1.91. The summed E-state index contributed by atoms with van der Waals surface area (Å²) >= 11 is 0. The van der Waals surface area contributed by atoms with Crippen molar-refractivity contribution in [2.45, 2.75) is 0 Å². The third-order valence-electron chi connectivity index (χ3n) is 2.87. The first-order valence-electron chi connectivity index (χ1n) is 5.96. The second kappa shape index (κ2) is 4.94. The van der Waals surface area contributed by atoms with Crippen LogP contribution >= 0.6 is 0 Å². The van der Waals surface area contributed by atoms with Gasteiger partial charge in [0.25, 0.3) is 0 Å². The molecule has 3 rings (SSSR count). The van der Waals surface area contributed by atoms with E-state index in [2.05, 4.69) is 9.97 Å². The van der Waals surface area contributed by atoms with Crippen LogP contribution < -0.4 is 4.74 Å². The number of methoxy groups -OCH3 is 1. The summed E-state index contributed by atoms with van der Waals surface area (Å²) in [7, 11) is 1.62. The molecule has 0 unspecified atom stereocenters. The zero-order chi connectivity index (χ0) is 13.1. The topological polar surface area (TPSA) is 39.9 Å². The lowest BCUT2D eigenvalue weighted by Gasteiger charge is -2.08. The van der Waals surface area contributed by atoms with Gasteiger partial charge in [-0.05, 0) is 6.07 Å². The summed E-state index contributed by atoms with van der Waals surface area (Å²) in [6.45, 7) is 0. The van der Waals surface area contributed by atoms with Crippen LogP contribution in [0.1, 0.15) is 0 Å². The average molecular weight is 251 g/mol. The van der Waals surface area contributed by atoms with E-state index in [4.69, 9.17) is 4.74 Å². The SMILES string of the molecule is COc1cc(-n2ccnc2)cc(-c2ccccc2)n1. The molecule has 0 saturated carbocycles. The third kappa shape index (κ3) is 2.33. The summed E-state index contributed by atoms with van der Waals surface area (Å²) in [4.78, 5) is 8.53. The number of aromatic nitrogens is 3. The van der Waals surface area contributed by atoms with Gasteiger partial charge in [-0.15, -0.1) is 0 Å². The fraction of sp³-hybridized carbons (Fsp3) is 0.0667. The van der Waals surface area contributed by atoms with Gasteiger partial charge < -0.3 is 9.30 Å². The van der Waals surface area contributed by atoms with E-state index in [0.717, 1.165) is 16.9 Å². The Morgan fingerprint density at radius 1 is 1.11 bits per heavy atom. The van der Waals surface area contributed by atoms with E-state index in [9.17, 15) is 0 Å². The highest BCUT2D eigenvalue weighted by Gasteiger charge is 2.06. The molecule has 0 saturated heterocycles. The highest BCUT2D eigenvalue weighted by Crippen LogP contribution is 2.23. The van der Waals surface area contributed by atoms with Crippen molar-refractivity contribution in [1.82, 2.24) is 14.5 Å². The van der Waals surface area contributed by atoms with Crippen LogP contribution in [0.25, 0.3) is 16.9 Å². The quantitative estimate of drug-likeness (QED) is 0.718. The lowest BCUT2D eigenvalue weighted by Crippen LogP contribution is -1.96. The summed E-state index contributed by atoms with van der Waals surface area (Å²) in [6.07, 6.45) is 5.39. The van der Waals surface area contributed by atoms with Gasteiger partial charge in [-0.1, -0.05) is 30.3 Å². The van der Waals surface area contributed by atoms with Crippen LogP contribution in [0.4, 0.5) is 0 Å². The van der Waals surface area contributed by atoms with Gasteiger partial charge in [-0.2, -0.15) is 0 Å². The van der Waals surface area contributed by atoms with Crippen molar-refractivity contribution in [3.8, 4) is 22.8 Å². The summed E-state index contributed by atoms with van der Waals surface area (Å²) in [6, 6.07) is 13.9. The highest BCUT2D eigenvalue weighted by atomic mass is 16.5. The van der Waals surface area contributed by atoms with E-state index in [1.165, 1.54) is 0 Å². The molecule has 0 aliphatic carbocycles. The lowest BCUT2D eigenvalue weighted by molar-refractivity contribution is 0.398. The molecule has 0 aliphatic rings. The van der Waals surface area contributed by atoms with E-state index in [1.54, 1.807) is 19.6 Å². The molecule has 0 spiro atoms. The van der Waals surface area contributed by atoms with Crippen molar-refractivity contribution in [1.29, 1.82) is 0 Å². The van der Waals surface area contributed by atoms with Gasteiger partial charge >= 0.3 is 0 Å². The Kier molecular flexibility index (Phi) is 2.98. The molecule has 2 aromatic heterocycles. The molecule has 3 aromatic rings. The van der Waals surface area contributed by atoms with Crippen LogP contribution in [0.5, 0.6) is 5.88 Å². The Morgan fingerprint density at radius 3 is 2.63 bits per heavy atom. The smallest absolute Gasteiger partial charge is 0.215 e. The van der Waals surface area contributed by atoms with Gasteiger partial charge in [0.05, 0.1) is 24.8 Å². The Balaban J connectivity index is 2.13. The molecule has 2 heterocycles. The Bertz CT molecular complexity index is 663. The van der Waals surface area contributed by atoms with E-state index in [1.807, 2.05) is 53.2 Å². The summed E-state index contributed by atoms with van der Waals surface area (Å²) in [5, 5.41) is 0. The van der Waals surface area contributed by atoms with Crippen molar-refractivity contribution in [2.75, 3.05) is 7.11 Å². The zero-order valence-electron chi connectivity index (χ0n) is 10.5. The second-order valence-electron chi connectivity index (χ2n) is 4.09. The minimum atomic E-state index is 0.588. The summed E-state index contributed by atoms with van der Waals surface area (Å²) in [5.74, 6) is 0.588. The van der Waals surface area contributed by atoms with Gasteiger partial charge in [-0.3, -0.25) is 0 Å². The van der Waals surface area contributed by atoms with Crippen LogP contribution in [0.3, 0.4) is 0 Å². The van der Waals surface area contributed by atoms with E-state index in [0.29, 0.717) is 5.88 Å². The minimum Gasteiger partial charge on any atom is -0.481 e. The molecule has 0 N–H and O–H groups in total. The predicted molar refractivity (Wildman–Crippen MR) is 73.3 cm³/mol. The highest BCUT2D eigenvalue weighted by molar-refractivity contribution is 5.62. The number of hydrogen-bond acceptors (Lipinski definition) is 3. The molecule has 0 amide bonds. The molecule has 94 valence electrons. The molecular formula is C15H13N3O. The molecule has 0 fully saturated rings. The summed E-state index contributed by atoms with van der Waals surface area (Å²) in [5.41, 5.74) is 2.91. The van der Waals surface area contributed by atoms with Crippen molar-refractivity contribution in [3.63, 3.8) is 0 Å². The average Bonchev–Trinajstić information content (AvgIpc) is 3.02. The maximum atomic E-state index is 5.27. The number of ether oxygens (including phenoxy) is 1. The van der Waals surface area contributed by atoms with Crippen LogP contribution in [0.2, 0.25) is 0 Å². The van der Waals surface area contributed by atoms with E-state index in [-0.39, 0.29) is 0 Å². The second-order valence-corrected chi connectivity index (χ2v) is 4.09. The normalized spacial score (nSPS) is 10.4. The summed E-state index contributed by atoms with van der Waals surface area (Å²) < 4.78 is 7.20. The van der Waals surface area contributed by atoms with Crippen molar-refractivity contribution < 1.29 is 4.74 Å². The van der Waals surface area contributed by atoms with Crippen LogP contribution in [0.15, 0.2) is 61.2 Å². The maximum absolute atomic E-state index is 5.27. The number of hydrogen-bond donors (Lipinski definition) is 0. The minimum absolute atomic E-state index is 0.588. The standard InChI is InChI=1S/C15H13N3O/c1-19-15-10-13(18-8-7-16-11-18)9-14(17-15)12-5-3-2-4-6-12/h2-11H,1H3. The number of nitrogens with zero attached hydrogens (tertiary/aromatic N) is 3. The van der Waals surface area contributed by atoms with Crippen LogP contribution in [-0.4, -0.2) is 21.6 Å². The van der Waals surface area contributed by atoms with E-state index < -0.39 is 0 Å². The molecule has 0 radical (unpaired) electrons. The maximum Gasteiger partial charge on any atom is 0.215 e. The number of imidazole rings is 1. The Morgan fingerprint density at radius 2 is 1.95 bits per heavy atom. The molecule has 1 aromatic carbocycles. The van der Waals surface area contributed by atoms with Crippen LogP contribution in [-0.2, 0) is 0 Å². The zero-order valence-corrected chi connectivity index (χ0v) is 10.5. The van der Waals surface area contributed by atoms with Crippen molar-refractivity contribution in [2.24, 2.45) is 0 Å². The van der Waals surface area contributed by atoms with Gasteiger partial charge in [-0.25, -0.2) is 9.97 Å². The van der Waals surface area contributed by atoms with Gasteiger partial charge in [0, 0.05) is 24.0 Å². The number of benzene rings is 1. The monoisotopic (exact) mass is 251 g/mol.